The number of hydrogen-bond donors (Lipinski definition) is 1. The van der Waals surface area contributed by atoms with E-state index in [0.29, 0.717) is 0 Å². The maximum Gasteiger partial charge on any atom is 0.408 e. The highest BCUT2D eigenvalue weighted by Crippen LogP contribution is 2.48. The normalized spacial score (nSPS) is 11.4. The third kappa shape index (κ3) is 7.05. The van der Waals surface area contributed by atoms with E-state index >= 15 is 0 Å². The first-order valence-corrected chi connectivity index (χ1v) is 10.8. The monoisotopic (exact) mass is 541 g/mol. The Morgan fingerprint density at radius 3 is 2.03 bits per heavy atom. The molecule has 0 aliphatic carbocycles. The van der Waals surface area contributed by atoms with Gasteiger partial charge in [-0.1, -0.05) is 88.3 Å². The number of halogens is 5. The fourth-order valence-electron chi connectivity index (χ4n) is 2.37. The first kappa shape index (κ1) is 26.4. The van der Waals surface area contributed by atoms with Crippen LogP contribution in [0.4, 0.5) is 4.79 Å². The minimum Gasteiger partial charge on any atom is -0.469 e. The van der Waals surface area contributed by atoms with E-state index < -0.39 is 24.1 Å². The van der Waals surface area contributed by atoms with Crippen LogP contribution < -0.4 is 10.1 Å². The standard InChI is InChI=1S/C20H16Cl5NO6/c1-30-12(27)8-7-11(26-20(29)31-9-10-5-3-2-4-6-10)19(28)32-18-16(24)14(22)13(21)15(23)17(18)25/h2-6,11H,7-9H2,1H3,(H,26,29). The summed E-state index contributed by atoms with van der Waals surface area (Å²) >= 11 is 30.0. The van der Waals surface area contributed by atoms with Crippen molar-refractivity contribution in [1.29, 1.82) is 0 Å². The van der Waals surface area contributed by atoms with E-state index in [1.807, 2.05) is 6.07 Å². The number of amides is 1. The van der Waals surface area contributed by atoms with Gasteiger partial charge in [-0.2, -0.15) is 0 Å². The summed E-state index contributed by atoms with van der Waals surface area (Å²) in [5.41, 5.74) is 0.736. The van der Waals surface area contributed by atoms with E-state index in [9.17, 15) is 14.4 Å². The lowest BCUT2D eigenvalue weighted by atomic mass is 10.1. The molecule has 1 N–H and O–H groups in total. The topological polar surface area (TPSA) is 90.9 Å². The van der Waals surface area contributed by atoms with Gasteiger partial charge in [-0.05, 0) is 12.0 Å². The third-order valence-corrected chi connectivity index (χ3v) is 6.27. The summed E-state index contributed by atoms with van der Waals surface area (Å²) in [6, 6.07) is 7.58. The van der Waals surface area contributed by atoms with Crippen molar-refractivity contribution in [2.45, 2.75) is 25.5 Å². The molecular formula is C20H16Cl5NO6. The number of benzene rings is 2. The molecule has 0 heterocycles. The minimum absolute atomic E-state index is 0.0362. The Hall–Kier alpha value is -1.90. The fraction of sp³-hybridized carbons (Fsp3) is 0.250. The molecule has 1 unspecified atom stereocenters. The quantitative estimate of drug-likeness (QED) is 0.187. The fourth-order valence-corrected chi connectivity index (χ4v) is 3.56. The molecule has 2 rings (SSSR count). The van der Waals surface area contributed by atoms with Crippen molar-refractivity contribution in [3.05, 3.63) is 61.0 Å². The Kier molecular flexibility index (Phi) is 10.2. The molecule has 0 radical (unpaired) electrons. The molecule has 12 heteroatoms. The molecule has 1 amide bonds. The number of hydrogen-bond acceptors (Lipinski definition) is 6. The summed E-state index contributed by atoms with van der Waals surface area (Å²) in [5, 5.41) is 1.37. The predicted octanol–water partition coefficient (Wildman–Crippen LogP) is 6.11. The van der Waals surface area contributed by atoms with Crippen LogP contribution in [0, 0.1) is 0 Å². The molecule has 2 aromatic carbocycles. The lowest BCUT2D eigenvalue weighted by Crippen LogP contribution is -2.43. The van der Waals surface area contributed by atoms with E-state index in [1.54, 1.807) is 24.3 Å². The molecule has 7 nitrogen and oxygen atoms in total. The average molecular weight is 544 g/mol. The van der Waals surface area contributed by atoms with Gasteiger partial charge in [-0.15, -0.1) is 0 Å². The second-order valence-corrected chi connectivity index (χ2v) is 8.08. The Morgan fingerprint density at radius 1 is 0.906 bits per heavy atom. The van der Waals surface area contributed by atoms with Crippen molar-refractivity contribution in [3.63, 3.8) is 0 Å². The predicted molar refractivity (Wildman–Crippen MR) is 122 cm³/mol. The van der Waals surface area contributed by atoms with Crippen LogP contribution >= 0.6 is 58.0 Å². The Labute approximate surface area is 208 Å². The highest BCUT2D eigenvalue weighted by atomic mass is 35.5. The molecule has 0 aromatic heterocycles. The summed E-state index contributed by atoms with van der Waals surface area (Å²) < 4.78 is 14.9. The maximum atomic E-state index is 12.8. The van der Waals surface area contributed by atoms with Crippen LogP contribution in [-0.4, -0.2) is 31.2 Å². The largest absolute Gasteiger partial charge is 0.469 e. The van der Waals surface area contributed by atoms with E-state index in [4.69, 9.17) is 67.5 Å². The molecule has 0 aliphatic rings. The van der Waals surface area contributed by atoms with Gasteiger partial charge in [0.2, 0.25) is 0 Å². The van der Waals surface area contributed by atoms with Gasteiger partial charge in [0.15, 0.2) is 5.75 Å². The van der Waals surface area contributed by atoms with Crippen molar-refractivity contribution < 1.29 is 28.6 Å². The number of carbonyl (C=O) groups is 3. The first-order chi connectivity index (χ1) is 15.1. The van der Waals surface area contributed by atoms with Gasteiger partial charge < -0.3 is 19.5 Å². The van der Waals surface area contributed by atoms with Crippen LogP contribution in [0.3, 0.4) is 0 Å². The van der Waals surface area contributed by atoms with Crippen LogP contribution in [0.2, 0.25) is 25.1 Å². The molecule has 2 aromatic rings. The van der Waals surface area contributed by atoms with Crippen LogP contribution in [0.25, 0.3) is 0 Å². The van der Waals surface area contributed by atoms with Gasteiger partial charge >= 0.3 is 18.0 Å². The number of rotatable bonds is 8. The van der Waals surface area contributed by atoms with Gasteiger partial charge in [0.25, 0.3) is 0 Å². The van der Waals surface area contributed by atoms with Gasteiger partial charge in [0.05, 0.1) is 22.2 Å². The SMILES string of the molecule is COC(=O)CCC(NC(=O)OCc1ccccc1)C(=O)Oc1c(Cl)c(Cl)c(Cl)c(Cl)c1Cl. The second kappa shape index (κ2) is 12.4. The lowest BCUT2D eigenvalue weighted by molar-refractivity contribution is -0.141. The summed E-state index contributed by atoms with van der Waals surface area (Å²) in [6.07, 6.45) is -1.26. The third-order valence-electron chi connectivity index (χ3n) is 4.03. The molecule has 0 bridgehead atoms. The highest BCUT2D eigenvalue weighted by Gasteiger charge is 2.28. The second-order valence-electron chi connectivity index (χ2n) is 6.19. The van der Waals surface area contributed by atoms with Crippen LogP contribution in [0.1, 0.15) is 18.4 Å². The first-order valence-electron chi connectivity index (χ1n) is 8.92. The zero-order valence-corrected chi connectivity index (χ0v) is 20.2. The number of esters is 2. The molecule has 0 saturated heterocycles. The Morgan fingerprint density at radius 2 is 1.47 bits per heavy atom. The van der Waals surface area contributed by atoms with Gasteiger partial charge in [0.1, 0.15) is 22.7 Å². The summed E-state index contributed by atoms with van der Waals surface area (Å²) in [7, 11) is 1.19. The average Bonchev–Trinajstić information content (AvgIpc) is 2.80. The Balaban J connectivity index is 2.16. The van der Waals surface area contributed by atoms with Gasteiger partial charge in [-0.3, -0.25) is 4.79 Å². The van der Waals surface area contributed by atoms with E-state index in [1.165, 1.54) is 7.11 Å². The van der Waals surface area contributed by atoms with Crippen molar-refractivity contribution in [1.82, 2.24) is 5.32 Å². The van der Waals surface area contributed by atoms with Crippen molar-refractivity contribution in [3.8, 4) is 5.75 Å². The minimum atomic E-state index is -1.31. The molecule has 0 aliphatic heterocycles. The van der Waals surface area contributed by atoms with Crippen LogP contribution in [-0.2, 0) is 25.7 Å². The molecule has 0 saturated carbocycles. The number of carbonyl (C=O) groups excluding carboxylic acids is 3. The van der Waals surface area contributed by atoms with Crippen molar-refractivity contribution >= 4 is 76.0 Å². The summed E-state index contributed by atoms with van der Waals surface area (Å²) in [4.78, 5) is 36.5. The summed E-state index contributed by atoms with van der Waals surface area (Å²) in [6.45, 7) is -0.0362. The van der Waals surface area contributed by atoms with Gasteiger partial charge in [0, 0.05) is 6.42 Å². The van der Waals surface area contributed by atoms with Crippen LogP contribution in [0.15, 0.2) is 30.3 Å². The van der Waals surface area contributed by atoms with E-state index in [2.05, 4.69) is 10.1 Å². The van der Waals surface area contributed by atoms with E-state index in [0.717, 1.165) is 5.56 Å². The smallest absolute Gasteiger partial charge is 0.408 e. The molecule has 0 spiro atoms. The highest BCUT2D eigenvalue weighted by molar-refractivity contribution is 6.55. The maximum absolute atomic E-state index is 12.8. The number of ether oxygens (including phenoxy) is 3. The zero-order valence-electron chi connectivity index (χ0n) is 16.4. The van der Waals surface area contributed by atoms with Crippen molar-refractivity contribution in [2.75, 3.05) is 7.11 Å². The summed E-state index contributed by atoms with van der Waals surface area (Å²) in [5.74, 6) is -1.94. The van der Waals surface area contributed by atoms with Crippen molar-refractivity contribution in [2.24, 2.45) is 0 Å². The number of methoxy groups -OCH3 is 1. The molecule has 32 heavy (non-hydrogen) atoms. The molecule has 0 fully saturated rings. The van der Waals surface area contributed by atoms with Gasteiger partial charge in [-0.25, -0.2) is 9.59 Å². The van der Waals surface area contributed by atoms with Crippen LogP contribution in [0.5, 0.6) is 5.75 Å². The molecule has 172 valence electrons. The lowest BCUT2D eigenvalue weighted by Gasteiger charge is -2.19. The molecule has 1 atom stereocenters. The zero-order chi connectivity index (χ0) is 23.8. The number of nitrogens with one attached hydrogen (secondary N) is 1. The Bertz CT molecular complexity index is 973. The number of alkyl carbamates (subject to hydrolysis) is 1. The van der Waals surface area contributed by atoms with E-state index in [-0.39, 0.29) is 50.3 Å². The molecular weight excluding hydrogens is 527 g/mol.